The molecule has 1 aliphatic heterocycles. The van der Waals surface area contributed by atoms with Crippen LogP contribution in [-0.4, -0.2) is 45.1 Å². The Morgan fingerprint density at radius 2 is 1.75 bits per heavy atom. The number of carboxylic acids is 1. The standard InChI is InChI=1S/C24H24F6N2O4/c1-3-5-18-22(21(34)35,36-16-8-6-15(7-9-16)23(25,26)27)11-4-13-32(18)20(33)19-14(2)31-12-10-17(19)24(28,29)30/h6-10,12,18H,3-5,11,13H2,1-2H3,(H,34,35)/t18-,22+/m1/s1. The lowest BCUT2D eigenvalue weighted by Crippen LogP contribution is -2.65. The number of carbonyl (C=O) groups is 2. The Kier molecular flexibility index (Phi) is 7.56. The molecule has 0 unspecified atom stereocenters. The SMILES string of the molecule is CCC[C@H]1N(C(=O)c2c(C(F)(F)F)ccnc2C)CCC[C@@]1(Oc1ccc(C(F)(F)F)cc1)C(=O)O. The zero-order chi connectivity index (χ0) is 26.9. The number of carbonyl (C=O) groups excluding carboxylic acids is 1. The Morgan fingerprint density at radius 1 is 1.11 bits per heavy atom. The largest absolute Gasteiger partial charge is 0.478 e. The topological polar surface area (TPSA) is 79.7 Å². The molecular formula is C24H24F6N2O4. The second kappa shape index (κ2) is 9.98. The molecule has 2 atom stereocenters. The number of pyridine rings is 1. The van der Waals surface area contributed by atoms with Gasteiger partial charge in [-0.15, -0.1) is 0 Å². The van der Waals surface area contributed by atoms with E-state index in [1.807, 2.05) is 0 Å². The Hall–Kier alpha value is -3.31. The Bertz CT molecular complexity index is 1120. The first-order chi connectivity index (χ1) is 16.7. The lowest BCUT2D eigenvalue weighted by atomic mass is 9.81. The minimum atomic E-state index is -4.85. The van der Waals surface area contributed by atoms with Crippen molar-refractivity contribution < 1.29 is 45.8 Å². The fourth-order valence-corrected chi connectivity index (χ4v) is 4.54. The lowest BCUT2D eigenvalue weighted by molar-refractivity contribution is -0.166. The molecule has 3 rings (SSSR count). The average Bonchev–Trinajstić information content (AvgIpc) is 2.78. The molecule has 196 valence electrons. The molecule has 12 heteroatoms. The predicted octanol–water partition coefficient (Wildman–Crippen LogP) is 5.73. The van der Waals surface area contributed by atoms with Gasteiger partial charge < -0.3 is 14.7 Å². The van der Waals surface area contributed by atoms with Gasteiger partial charge in [0.2, 0.25) is 5.60 Å². The van der Waals surface area contributed by atoms with Crippen molar-refractivity contribution >= 4 is 11.9 Å². The molecule has 1 N–H and O–H groups in total. The second-order valence-corrected chi connectivity index (χ2v) is 8.54. The number of rotatable bonds is 6. The van der Waals surface area contributed by atoms with Crippen LogP contribution in [0.5, 0.6) is 5.75 Å². The number of hydrogen-bond donors (Lipinski definition) is 1. The molecule has 1 aliphatic rings. The highest BCUT2D eigenvalue weighted by Crippen LogP contribution is 2.39. The van der Waals surface area contributed by atoms with Gasteiger partial charge in [-0.3, -0.25) is 9.78 Å². The maximum atomic E-state index is 13.7. The zero-order valence-corrected chi connectivity index (χ0v) is 19.4. The van der Waals surface area contributed by atoms with Gasteiger partial charge in [-0.05, 0) is 50.1 Å². The molecule has 1 aromatic heterocycles. The maximum absolute atomic E-state index is 13.7. The normalized spacial score (nSPS) is 20.8. The van der Waals surface area contributed by atoms with Gasteiger partial charge in [-0.25, -0.2) is 4.79 Å². The van der Waals surface area contributed by atoms with Crippen LogP contribution in [0, 0.1) is 6.92 Å². The van der Waals surface area contributed by atoms with E-state index in [2.05, 4.69) is 4.98 Å². The van der Waals surface area contributed by atoms with E-state index >= 15 is 0 Å². The summed E-state index contributed by atoms with van der Waals surface area (Å²) in [6, 6.07) is 2.92. The van der Waals surface area contributed by atoms with Crippen LogP contribution < -0.4 is 4.74 Å². The summed E-state index contributed by atoms with van der Waals surface area (Å²) in [4.78, 5) is 30.9. The van der Waals surface area contributed by atoms with Gasteiger partial charge in [-0.2, -0.15) is 26.3 Å². The summed E-state index contributed by atoms with van der Waals surface area (Å²) in [5.41, 5.74) is -5.08. The zero-order valence-electron chi connectivity index (χ0n) is 19.4. The van der Waals surface area contributed by atoms with Gasteiger partial charge >= 0.3 is 18.3 Å². The number of halogens is 6. The average molecular weight is 518 g/mol. The molecule has 1 aromatic carbocycles. The first-order valence-corrected chi connectivity index (χ1v) is 11.2. The summed E-state index contributed by atoms with van der Waals surface area (Å²) in [7, 11) is 0. The van der Waals surface area contributed by atoms with Crippen molar-refractivity contribution in [2.24, 2.45) is 0 Å². The molecule has 1 fully saturated rings. The lowest BCUT2D eigenvalue weighted by Gasteiger charge is -2.47. The molecule has 0 spiro atoms. The molecule has 0 radical (unpaired) electrons. The fraction of sp³-hybridized carbons (Fsp3) is 0.458. The molecule has 1 amide bonds. The number of amides is 1. The molecule has 6 nitrogen and oxygen atoms in total. The van der Waals surface area contributed by atoms with Gasteiger partial charge in [0.25, 0.3) is 5.91 Å². The third-order valence-corrected chi connectivity index (χ3v) is 6.19. The first kappa shape index (κ1) is 27.3. The van der Waals surface area contributed by atoms with Crippen molar-refractivity contribution in [2.75, 3.05) is 6.54 Å². The number of likely N-dealkylation sites (tertiary alicyclic amines) is 1. The van der Waals surface area contributed by atoms with Crippen molar-refractivity contribution in [3.63, 3.8) is 0 Å². The number of carboxylic acid groups (broad SMARTS) is 1. The molecule has 36 heavy (non-hydrogen) atoms. The number of hydrogen-bond acceptors (Lipinski definition) is 4. The summed E-state index contributed by atoms with van der Waals surface area (Å²) in [6.07, 6.45) is -8.12. The number of aromatic nitrogens is 1. The molecule has 0 aliphatic carbocycles. The van der Waals surface area contributed by atoms with Crippen LogP contribution in [0.4, 0.5) is 26.3 Å². The van der Waals surface area contributed by atoms with Crippen LogP contribution in [0.25, 0.3) is 0 Å². The highest BCUT2D eigenvalue weighted by atomic mass is 19.4. The summed E-state index contributed by atoms with van der Waals surface area (Å²) in [5.74, 6) is -2.68. The highest BCUT2D eigenvalue weighted by molar-refractivity contribution is 5.98. The summed E-state index contributed by atoms with van der Waals surface area (Å²) in [5, 5.41) is 10.2. The van der Waals surface area contributed by atoms with Crippen molar-refractivity contribution in [1.29, 1.82) is 0 Å². The summed E-state index contributed by atoms with van der Waals surface area (Å²) < 4.78 is 85.6. The second-order valence-electron chi connectivity index (χ2n) is 8.54. The van der Waals surface area contributed by atoms with E-state index in [0.29, 0.717) is 12.5 Å². The summed E-state index contributed by atoms with van der Waals surface area (Å²) >= 11 is 0. The van der Waals surface area contributed by atoms with E-state index in [1.165, 1.54) is 6.92 Å². The van der Waals surface area contributed by atoms with Crippen molar-refractivity contribution in [2.45, 2.75) is 63.5 Å². The van der Waals surface area contributed by atoms with E-state index in [4.69, 9.17) is 4.74 Å². The maximum Gasteiger partial charge on any atom is 0.417 e. The number of ether oxygens (including phenoxy) is 1. The van der Waals surface area contributed by atoms with E-state index < -0.39 is 52.6 Å². The minimum absolute atomic E-state index is 0.0272. The van der Waals surface area contributed by atoms with Crippen LogP contribution in [-0.2, 0) is 17.1 Å². The molecule has 0 bridgehead atoms. The molecule has 2 heterocycles. The van der Waals surface area contributed by atoms with Crippen molar-refractivity contribution in [1.82, 2.24) is 9.88 Å². The van der Waals surface area contributed by atoms with Crippen LogP contribution in [0.15, 0.2) is 36.5 Å². The van der Waals surface area contributed by atoms with Gasteiger partial charge in [0.15, 0.2) is 0 Å². The number of aliphatic carboxylic acids is 1. The van der Waals surface area contributed by atoms with Crippen LogP contribution in [0.2, 0.25) is 0 Å². The van der Waals surface area contributed by atoms with Crippen LogP contribution >= 0.6 is 0 Å². The van der Waals surface area contributed by atoms with Crippen molar-refractivity contribution in [3.05, 3.63) is 58.9 Å². The quantitative estimate of drug-likeness (QED) is 0.494. The van der Waals surface area contributed by atoms with E-state index in [-0.39, 0.29) is 37.3 Å². The van der Waals surface area contributed by atoms with Gasteiger partial charge in [0.1, 0.15) is 5.75 Å². The van der Waals surface area contributed by atoms with Gasteiger partial charge in [0.05, 0.1) is 28.4 Å². The smallest absolute Gasteiger partial charge is 0.417 e. The Balaban J connectivity index is 2.06. The molecule has 2 aromatic rings. The van der Waals surface area contributed by atoms with E-state index in [1.54, 1.807) is 6.92 Å². The Labute approximate surface area is 202 Å². The predicted molar refractivity (Wildman–Crippen MR) is 115 cm³/mol. The first-order valence-electron chi connectivity index (χ1n) is 11.2. The Morgan fingerprint density at radius 3 is 2.28 bits per heavy atom. The van der Waals surface area contributed by atoms with Crippen LogP contribution in [0.3, 0.4) is 0 Å². The molecular weight excluding hydrogens is 494 g/mol. The number of piperidine rings is 1. The third kappa shape index (κ3) is 5.26. The van der Waals surface area contributed by atoms with E-state index in [9.17, 15) is 41.0 Å². The molecule has 0 saturated carbocycles. The summed E-state index contributed by atoms with van der Waals surface area (Å²) in [6.45, 7) is 2.93. The fourth-order valence-electron chi connectivity index (χ4n) is 4.54. The number of alkyl halides is 6. The highest BCUT2D eigenvalue weighted by Gasteiger charge is 2.54. The van der Waals surface area contributed by atoms with Gasteiger partial charge in [0, 0.05) is 19.2 Å². The number of benzene rings is 1. The number of aryl methyl sites for hydroxylation is 1. The van der Waals surface area contributed by atoms with Crippen molar-refractivity contribution in [3.8, 4) is 5.75 Å². The van der Waals surface area contributed by atoms with Gasteiger partial charge in [-0.1, -0.05) is 13.3 Å². The minimum Gasteiger partial charge on any atom is -0.478 e. The number of nitrogens with zero attached hydrogens (tertiary/aromatic N) is 2. The van der Waals surface area contributed by atoms with Crippen LogP contribution in [0.1, 0.15) is 59.8 Å². The third-order valence-electron chi connectivity index (χ3n) is 6.19. The molecule has 1 saturated heterocycles. The van der Waals surface area contributed by atoms with E-state index in [0.717, 1.165) is 35.4 Å². The monoisotopic (exact) mass is 518 g/mol.